The van der Waals surface area contributed by atoms with Gasteiger partial charge in [-0.1, -0.05) is 36.3 Å². The molecule has 1 aromatic rings. The standard InChI is InChI=1S/C13H14BF/c1-7(2)12-11(15)5-4-8-9-6-10(9)14(3)13(8)12/h4-5,9-10H,1,6H2,2-3H3. The second-order valence-corrected chi connectivity index (χ2v) is 5.00. The molecule has 1 aliphatic carbocycles. The van der Waals surface area contributed by atoms with Crippen LogP contribution < -0.4 is 5.46 Å². The van der Waals surface area contributed by atoms with Crippen LogP contribution in [0.4, 0.5) is 4.39 Å². The quantitative estimate of drug-likeness (QED) is 0.611. The first kappa shape index (κ1) is 9.20. The van der Waals surface area contributed by atoms with Crippen molar-refractivity contribution in [1.82, 2.24) is 0 Å². The van der Waals surface area contributed by atoms with Crippen LogP contribution in [0.3, 0.4) is 0 Å². The van der Waals surface area contributed by atoms with Crippen LogP contribution in [0, 0.1) is 5.82 Å². The highest BCUT2D eigenvalue weighted by molar-refractivity contribution is 6.77. The Labute approximate surface area is 90.3 Å². The zero-order valence-electron chi connectivity index (χ0n) is 9.18. The highest BCUT2D eigenvalue weighted by Gasteiger charge is 2.52. The molecule has 0 bridgehead atoms. The smallest absolute Gasteiger partial charge is 0.177 e. The summed E-state index contributed by atoms with van der Waals surface area (Å²) >= 11 is 0. The maximum absolute atomic E-state index is 13.8. The fourth-order valence-corrected chi connectivity index (χ4v) is 3.20. The van der Waals surface area contributed by atoms with Gasteiger partial charge in [-0.2, -0.15) is 0 Å². The number of rotatable bonds is 1. The number of benzene rings is 1. The van der Waals surface area contributed by atoms with Crippen molar-refractivity contribution in [2.45, 2.75) is 31.9 Å². The third kappa shape index (κ3) is 1.08. The summed E-state index contributed by atoms with van der Waals surface area (Å²) in [6.07, 6.45) is 1.30. The van der Waals surface area contributed by atoms with Crippen LogP contribution in [0.15, 0.2) is 18.7 Å². The van der Waals surface area contributed by atoms with Gasteiger partial charge in [0.1, 0.15) is 5.82 Å². The molecule has 0 spiro atoms. The van der Waals surface area contributed by atoms with Crippen LogP contribution in [0.1, 0.15) is 30.4 Å². The van der Waals surface area contributed by atoms with Crippen molar-refractivity contribution in [1.29, 1.82) is 0 Å². The number of hydrogen-bond acceptors (Lipinski definition) is 0. The SMILES string of the molecule is C=C(C)c1c(F)ccc2c1B(C)C1CC21. The molecule has 2 unspecified atom stereocenters. The minimum atomic E-state index is -0.102. The van der Waals surface area contributed by atoms with Crippen LogP contribution in [0.25, 0.3) is 5.57 Å². The van der Waals surface area contributed by atoms with E-state index in [2.05, 4.69) is 13.4 Å². The van der Waals surface area contributed by atoms with E-state index in [1.165, 1.54) is 17.4 Å². The van der Waals surface area contributed by atoms with Gasteiger partial charge in [0.25, 0.3) is 0 Å². The number of fused-ring (bicyclic) bond motifs is 3. The number of hydrogen-bond donors (Lipinski definition) is 0. The Kier molecular flexibility index (Phi) is 1.69. The fraction of sp³-hybridized carbons (Fsp3) is 0.385. The van der Waals surface area contributed by atoms with E-state index < -0.39 is 0 Å². The van der Waals surface area contributed by atoms with Gasteiger partial charge in [-0.15, -0.1) is 0 Å². The Morgan fingerprint density at radius 3 is 2.93 bits per heavy atom. The molecule has 2 aliphatic rings. The molecule has 2 atom stereocenters. The lowest BCUT2D eigenvalue weighted by Crippen LogP contribution is -2.29. The molecule has 0 aromatic heterocycles. The van der Waals surface area contributed by atoms with Gasteiger partial charge in [-0.25, -0.2) is 4.39 Å². The molecule has 0 saturated heterocycles. The molecular weight excluding hydrogens is 186 g/mol. The lowest BCUT2D eigenvalue weighted by molar-refractivity contribution is 0.624. The van der Waals surface area contributed by atoms with Crippen molar-refractivity contribution in [2.24, 2.45) is 0 Å². The Morgan fingerprint density at radius 2 is 2.27 bits per heavy atom. The molecule has 0 amide bonds. The molecule has 1 fully saturated rings. The van der Waals surface area contributed by atoms with E-state index in [0.29, 0.717) is 12.6 Å². The Morgan fingerprint density at radius 1 is 1.53 bits per heavy atom. The summed E-state index contributed by atoms with van der Waals surface area (Å²) in [6.45, 7) is 8.54. The van der Waals surface area contributed by atoms with E-state index in [1.54, 1.807) is 6.07 Å². The Hall–Kier alpha value is -1.05. The van der Waals surface area contributed by atoms with Crippen molar-refractivity contribution in [2.75, 3.05) is 0 Å². The van der Waals surface area contributed by atoms with E-state index >= 15 is 0 Å². The largest absolute Gasteiger partial charge is 0.206 e. The summed E-state index contributed by atoms with van der Waals surface area (Å²) in [5.41, 5.74) is 4.26. The van der Waals surface area contributed by atoms with Gasteiger partial charge in [0.05, 0.1) is 0 Å². The summed E-state index contributed by atoms with van der Waals surface area (Å²) in [6, 6.07) is 3.58. The second-order valence-electron chi connectivity index (χ2n) is 5.00. The van der Waals surface area contributed by atoms with Gasteiger partial charge >= 0.3 is 0 Å². The van der Waals surface area contributed by atoms with Gasteiger partial charge in [-0.3, -0.25) is 0 Å². The topological polar surface area (TPSA) is 0 Å². The predicted molar refractivity (Wildman–Crippen MR) is 63.5 cm³/mol. The average Bonchev–Trinajstić information content (AvgIpc) is 2.90. The molecule has 0 nitrogen and oxygen atoms in total. The molecule has 0 N–H and O–H groups in total. The lowest BCUT2D eigenvalue weighted by atomic mass is 9.44. The number of allylic oxidation sites excluding steroid dienone is 1. The van der Waals surface area contributed by atoms with Gasteiger partial charge in [0, 0.05) is 5.56 Å². The van der Waals surface area contributed by atoms with E-state index in [9.17, 15) is 4.39 Å². The molecule has 1 saturated carbocycles. The van der Waals surface area contributed by atoms with Crippen LogP contribution in [0.5, 0.6) is 0 Å². The molecular formula is C13H14BF. The molecule has 1 aliphatic heterocycles. The first-order chi connectivity index (χ1) is 7.11. The molecule has 2 heteroatoms. The van der Waals surface area contributed by atoms with Crippen LogP contribution >= 0.6 is 0 Å². The van der Waals surface area contributed by atoms with E-state index in [0.717, 1.165) is 17.0 Å². The highest BCUT2D eigenvalue weighted by atomic mass is 19.1. The summed E-state index contributed by atoms with van der Waals surface area (Å²) in [4.78, 5) is 0. The zero-order valence-corrected chi connectivity index (χ0v) is 9.18. The first-order valence-electron chi connectivity index (χ1n) is 5.59. The normalized spacial score (nSPS) is 26.2. The Bertz CT molecular complexity index is 464. The predicted octanol–water partition coefficient (Wildman–Crippen LogP) is 3.06. The molecule has 0 radical (unpaired) electrons. The highest BCUT2D eigenvalue weighted by Crippen LogP contribution is 2.59. The van der Waals surface area contributed by atoms with Gasteiger partial charge < -0.3 is 0 Å². The first-order valence-corrected chi connectivity index (χ1v) is 5.59. The molecule has 3 rings (SSSR count). The monoisotopic (exact) mass is 200 g/mol. The summed E-state index contributed by atoms with van der Waals surface area (Å²) in [5, 5.41) is 0. The molecule has 76 valence electrons. The summed E-state index contributed by atoms with van der Waals surface area (Å²) in [7, 11) is 0. The minimum absolute atomic E-state index is 0.102. The fourth-order valence-electron chi connectivity index (χ4n) is 3.20. The zero-order chi connectivity index (χ0) is 10.7. The minimum Gasteiger partial charge on any atom is -0.206 e. The van der Waals surface area contributed by atoms with Crippen molar-refractivity contribution in [3.63, 3.8) is 0 Å². The summed E-state index contributed by atoms with van der Waals surface area (Å²) < 4.78 is 13.8. The van der Waals surface area contributed by atoms with E-state index in [4.69, 9.17) is 0 Å². The third-order valence-electron chi connectivity index (χ3n) is 3.99. The van der Waals surface area contributed by atoms with Gasteiger partial charge in [0.2, 0.25) is 0 Å². The van der Waals surface area contributed by atoms with Gasteiger partial charge in [-0.05, 0) is 30.9 Å². The third-order valence-corrected chi connectivity index (χ3v) is 3.99. The van der Waals surface area contributed by atoms with Crippen LogP contribution in [-0.2, 0) is 0 Å². The van der Waals surface area contributed by atoms with Crippen molar-refractivity contribution < 1.29 is 4.39 Å². The Balaban J connectivity index is 2.27. The molecule has 15 heavy (non-hydrogen) atoms. The maximum Gasteiger partial charge on any atom is 0.177 e. The number of halogens is 1. The van der Waals surface area contributed by atoms with E-state index in [1.807, 2.05) is 13.0 Å². The van der Waals surface area contributed by atoms with Crippen LogP contribution in [0.2, 0.25) is 12.6 Å². The van der Waals surface area contributed by atoms with E-state index in [-0.39, 0.29) is 5.82 Å². The second kappa shape index (κ2) is 2.75. The molecule has 1 aromatic carbocycles. The van der Waals surface area contributed by atoms with Crippen molar-refractivity contribution >= 4 is 17.7 Å². The van der Waals surface area contributed by atoms with Crippen molar-refractivity contribution in [3.8, 4) is 0 Å². The average molecular weight is 200 g/mol. The summed E-state index contributed by atoms with van der Waals surface area (Å²) in [5.74, 6) is 1.39. The molecule has 1 heterocycles. The van der Waals surface area contributed by atoms with Crippen LogP contribution in [-0.4, -0.2) is 6.71 Å². The maximum atomic E-state index is 13.8. The lowest BCUT2D eigenvalue weighted by Gasteiger charge is -2.14. The van der Waals surface area contributed by atoms with Gasteiger partial charge in [0.15, 0.2) is 6.71 Å². The van der Waals surface area contributed by atoms with Crippen molar-refractivity contribution in [3.05, 3.63) is 35.7 Å².